The highest BCUT2D eigenvalue weighted by molar-refractivity contribution is 6.33. The van der Waals surface area contributed by atoms with E-state index in [0.717, 1.165) is 0 Å². The Morgan fingerprint density at radius 2 is 2.05 bits per heavy atom. The van der Waals surface area contributed by atoms with Crippen LogP contribution in [0.2, 0.25) is 5.02 Å². The summed E-state index contributed by atoms with van der Waals surface area (Å²) < 4.78 is 0. The Hall–Kier alpha value is -2.34. The van der Waals surface area contributed by atoms with E-state index in [0.29, 0.717) is 28.4 Å². The van der Waals surface area contributed by atoms with E-state index < -0.39 is 0 Å². The molecule has 1 aromatic carbocycles. The molecule has 1 aliphatic heterocycles. The van der Waals surface area contributed by atoms with Crippen LogP contribution in [0.15, 0.2) is 18.2 Å². The van der Waals surface area contributed by atoms with Gasteiger partial charge in [0.2, 0.25) is 5.95 Å². The van der Waals surface area contributed by atoms with Gasteiger partial charge in [-0.1, -0.05) is 17.7 Å². The van der Waals surface area contributed by atoms with E-state index in [9.17, 15) is 9.90 Å². The fourth-order valence-corrected chi connectivity index (χ4v) is 2.53. The summed E-state index contributed by atoms with van der Waals surface area (Å²) in [5.41, 5.74) is 7.30. The van der Waals surface area contributed by atoms with Gasteiger partial charge in [-0.05, 0) is 12.1 Å². The first-order valence-electron chi connectivity index (χ1n) is 5.88. The van der Waals surface area contributed by atoms with Crippen molar-refractivity contribution in [3.8, 4) is 17.0 Å². The third kappa shape index (κ3) is 1.77. The van der Waals surface area contributed by atoms with Crippen LogP contribution in [0.5, 0.6) is 5.75 Å². The summed E-state index contributed by atoms with van der Waals surface area (Å²) in [4.78, 5) is 21.6. The zero-order valence-corrected chi connectivity index (χ0v) is 11.3. The molecule has 0 fully saturated rings. The van der Waals surface area contributed by atoms with Crippen LogP contribution in [0.25, 0.3) is 11.3 Å². The highest BCUT2D eigenvalue weighted by Crippen LogP contribution is 2.39. The molecule has 6 nitrogen and oxygen atoms in total. The second-order valence-corrected chi connectivity index (χ2v) is 4.96. The van der Waals surface area contributed by atoms with E-state index in [4.69, 9.17) is 17.3 Å². The lowest BCUT2D eigenvalue weighted by molar-refractivity contribution is 0.0812. The number of nitrogens with two attached hydrogens (primary N) is 1. The van der Waals surface area contributed by atoms with E-state index >= 15 is 0 Å². The first-order chi connectivity index (χ1) is 9.49. The van der Waals surface area contributed by atoms with Gasteiger partial charge in [-0.25, -0.2) is 9.97 Å². The number of aromatic nitrogens is 2. The molecule has 0 bridgehead atoms. The number of halogens is 1. The molecule has 2 heterocycles. The maximum absolute atomic E-state index is 12.0. The fourth-order valence-electron chi connectivity index (χ4n) is 2.27. The number of carbonyl (C=O) groups is 1. The van der Waals surface area contributed by atoms with Crippen molar-refractivity contribution in [3.05, 3.63) is 34.5 Å². The lowest BCUT2D eigenvalue weighted by Gasteiger charge is -2.10. The highest BCUT2D eigenvalue weighted by Gasteiger charge is 2.31. The molecule has 7 heteroatoms. The van der Waals surface area contributed by atoms with E-state index in [1.165, 1.54) is 11.0 Å². The molecule has 3 N–H and O–H groups in total. The average Bonchev–Trinajstić information content (AvgIpc) is 2.66. The minimum atomic E-state index is -0.220. The summed E-state index contributed by atoms with van der Waals surface area (Å²) in [6.07, 6.45) is 0. The number of nitrogen functional groups attached to an aromatic ring is 1. The number of nitrogens with zero attached hydrogens (tertiary/aromatic N) is 3. The highest BCUT2D eigenvalue weighted by atomic mass is 35.5. The second kappa shape index (κ2) is 4.35. The van der Waals surface area contributed by atoms with Crippen LogP contribution in [0.1, 0.15) is 16.1 Å². The van der Waals surface area contributed by atoms with Gasteiger partial charge in [0.1, 0.15) is 11.4 Å². The van der Waals surface area contributed by atoms with Gasteiger partial charge in [0.05, 0.1) is 22.8 Å². The number of hydrogen-bond acceptors (Lipinski definition) is 5. The quantitative estimate of drug-likeness (QED) is 0.833. The van der Waals surface area contributed by atoms with E-state index in [1.807, 2.05) is 0 Å². The molecule has 20 heavy (non-hydrogen) atoms. The van der Waals surface area contributed by atoms with E-state index in [2.05, 4.69) is 9.97 Å². The van der Waals surface area contributed by atoms with Gasteiger partial charge in [-0.15, -0.1) is 0 Å². The minimum Gasteiger partial charge on any atom is -0.507 e. The summed E-state index contributed by atoms with van der Waals surface area (Å²) in [7, 11) is 1.66. The van der Waals surface area contributed by atoms with Crippen molar-refractivity contribution in [1.29, 1.82) is 0 Å². The predicted molar refractivity (Wildman–Crippen MR) is 74.4 cm³/mol. The molecule has 1 aromatic heterocycles. The van der Waals surface area contributed by atoms with Crippen LogP contribution in [0, 0.1) is 0 Å². The molecule has 0 spiro atoms. The summed E-state index contributed by atoms with van der Waals surface area (Å²) in [5, 5.41) is 10.4. The number of phenols is 1. The number of anilines is 1. The number of fused-ring (bicyclic) bond motifs is 1. The Morgan fingerprint density at radius 3 is 2.75 bits per heavy atom. The Bertz CT molecular complexity index is 712. The Balaban J connectivity index is 2.32. The number of rotatable bonds is 1. The van der Waals surface area contributed by atoms with Crippen molar-refractivity contribution < 1.29 is 9.90 Å². The van der Waals surface area contributed by atoms with Crippen molar-refractivity contribution >= 4 is 23.5 Å². The predicted octanol–water partition coefficient (Wildman–Crippen LogP) is 1.67. The Labute approximate surface area is 119 Å². The third-order valence-corrected chi connectivity index (χ3v) is 3.51. The Morgan fingerprint density at radius 1 is 1.35 bits per heavy atom. The smallest absolute Gasteiger partial charge is 0.273 e. The lowest BCUT2D eigenvalue weighted by atomic mass is 10.0. The van der Waals surface area contributed by atoms with Crippen LogP contribution in [-0.4, -0.2) is 32.9 Å². The van der Waals surface area contributed by atoms with Crippen LogP contribution in [0.4, 0.5) is 5.95 Å². The topological polar surface area (TPSA) is 92.3 Å². The molecular formula is C13H11ClN4O2. The number of amides is 1. The molecule has 3 rings (SSSR count). The first kappa shape index (κ1) is 12.7. The van der Waals surface area contributed by atoms with Crippen LogP contribution < -0.4 is 5.73 Å². The number of aromatic hydroxyl groups is 1. The second-order valence-electron chi connectivity index (χ2n) is 4.55. The maximum Gasteiger partial charge on any atom is 0.273 e. The molecule has 1 aliphatic rings. The molecule has 0 aliphatic carbocycles. The fraction of sp³-hybridized carbons (Fsp3) is 0.154. The molecule has 0 saturated heterocycles. The standard InChI is InChI=1S/C13H11ClN4O2/c1-18-5-6-10(9-7(14)3-2-4-8(9)19)16-13(15)17-11(6)12(18)20/h2-4,19H,5H2,1H3,(H2,15,16,17). The van der Waals surface area contributed by atoms with Gasteiger partial charge in [-0.2, -0.15) is 0 Å². The number of benzene rings is 1. The SMILES string of the molecule is CN1Cc2c(nc(N)nc2-c2c(O)cccc2Cl)C1=O. The molecule has 102 valence electrons. The summed E-state index contributed by atoms with van der Waals surface area (Å²) in [6, 6.07) is 4.78. The zero-order valence-electron chi connectivity index (χ0n) is 10.6. The maximum atomic E-state index is 12.0. The van der Waals surface area contributed by atoms with Gasteiger partial charge < -0.3 is 15.7 Å². The molecule has 1 amide bonds. The van der Waals surface area contributed by atoms with Gasteiger partial charge in [0.15, 0.2) is 0 Å². The van der Waals surface area contributed by atoms with Crippen molar-refractivity contribution in [2.24, 2.45) is 0 Å². The lowest BCUT2D eigenvalue weighted by Crippen LogP contribution is -2.18. The zero-order chi connectivity index (χ0) is 14.4. The Kier molecular flexibility index (Phi) is 2.76. The molecule has 2 aromatic rings. The van der Waals surface area contributed by atoms with Crippen LogP contribution in [-0.2, 0) is 6.54 Å². The molecule has 0 radical (unpaired) electrons. The number of phenolic OH excluding ortho intramolecular Hbond substituents is 1. The van der Waals surface area contributed by atoms with Gasteiger partial charge >= 0.3 is 0 Å². The summed E-state index contributed by atoms with van der Waals surface area (Å²) in [6.45, 7) is 0.356. The van der Waals surface area contributed by atoms with E-state index in [1.54, 1.807) is 19.2 Å². The third-order valence-electron chi connectivity index (χ3n) is 3.20. The van der Waals surface area contributed by atoms with Crippen LogP contribution >= 0.6 is 11.6 Å². The molecule has 0 saturated carbocycles. The average molecular weight is 291 g/mol. The van der Waals surface area contributed by atoms with Crippen molar-refractivity contribution in [2.45, 2.75) is 6.54 Å². The monoisotopic (exact) mass is 290 g/mol. The molecular weight excluding hydrogens is 280 g/mol. The van der Waals surface area contributed by atoms with Gasteiger partial charge in [0.25, 0.3) is 5.91 Å². The van der Waals surface area contributed by atoms with Gasteiger partial charge in [-0.3, -0.25) is 4.79 Å². The first-order valence-corrected chi connectivity index (χ1v) is 6.26. The van der Waals surface area contributed by atoms with E-state index in [-0.39, 0.29) is 23.3 Å². The van der Waals surface area contributed by atoms with Crippen molar-refractivity contribution in [2.75, 3.05) is 12.8 Å². The summed E-state index contributed by atoms with van der Waals surface area (Å²) in [5.74, 6) is -0.261. The number of carbonyl (C=O) groups excluding carboxylic acids is 1. The van der Waals surface area contributed by atoms with Crippen molar-refractivity contribution in [3.63, 3.8) is 0 Å². The van der Waals surface area contributed by atoms with Crippen LogP contribution in [0.3, 0.4) is 0 Å². The summed E-state index contributed by atoms with van der Waals surface area (Å²) >= 11 is 6.13. The minimum absolute atomic E-state index is 0.0141. The van der Waals surface area contributed by atoms with Crippen molar-refractivity contribution in [1.82, 2.24) is 14.9 Å². The number of hydrogen-bond donors (Lipinski definition) is 2. The normalized spacial score (nSPS) is 13.7. The molecule has 0 atom stereocenters. The largest absolute Gasteiger partial charge is 0.507 e. The van der Waals surface area contributed by atoms with Gasteiger partial charge in [0, 0.05) is 12.6 Å². The molecule has 0 unspecified atom stereocenters.